The molecule has 2 nitrogen and oxygen atoms in total. The molecule has 0 bridgehead atoms. The lowest BCUT2D eigenvalue weighted by molar-refractivity contribution is 0.0989. The molecule has 2 saturated heterocycles. The molecule has 0 aromatic carbocycles. The maximum absolute atomic E-state index is 5.58. The maximum Gasteiger partial charge on any atom is 0.0712 e. The second kappa shape index (κ2) is 4.33. The third-order valence-corrected chi connectivity index (χ3v) is 3.70. The zero-order valence-corrected chi connectivity index (χ0v) is 9.00. The van der Waals surface area contributed by atoms with Crippen LogP contribution in [-0.4, -0.2) is 36.6 Å². The molecular weight excluding hydrogens is 172 g/mol. The van der Waals surface area contributed by atoms with E-state index in [4.69, 9.17) is 6.42 Å². The van der Waals surface area contributed by atoms with Crippen molar-refractivity contribution < 1.29 is 0 Å². The third kappa shape index (κ3) is 1.67. The van der Waals surface area contributed by atoms with Gasteiger partial charge < -0.3 is 5.32 Å². The van der Waals surface area contributed by atoms with E-state index in [1.807, 2.05) is 0 Å². The molecule has 1 N–H and O–H groups in total. The van der Waals surface area contributed by atoms with E-state index in [1.165, 1.54) is 25.9 Å². The summed E-state index contributed by atoms with van der Waals surface area (Å²) in [6.45, 7) is 5.73. The topological polar surface area (TPSA) is 15.3 Å². The van der Waals surface area contributed by atoms with E-state index in [2.05, 4.69) is 23.1 Å². The van der Waals surface area contributed by atoms with Crippen molar-refractivity contribution in [3.63, 3.8) is 0 Å². The first-order valence-electron chi connectivity index (χ1n) is 5.79. The second-order valence-electron chi connectivity index (χ2n) is 4.46. The van der Waals surface area contributed by atoms with Gasteiger partial charge in [-0.3, -0.25) is 4.90 Å². The lowest BCUT2D eigenvalue weighted by Crippen LogP contribution is -2.49. The van der Waals surface area contributed by atoms with Crippen LogP contribution in [0.15, 0.2) is 0 Å². The number of hydrogen-bond donors (Lipinski definition) is 1. The van der Waals surface area contributed by atoms with Crippen molar-refractivity contribution in [1.29, 1.82) is 0 Å². The molecule has 2 rings (SSSR count). The first-order valence-corrected chi connectivity index (χ1v) is 5.79. The lowest BCUT2D eigenvalue weighted by Gasteiger charge is -2.40. The highest BCUT2D eigenvalue weighted by atomic mass is 15.2. The SMILES string of the molecule is C#CC(CC)N1CCCC2CNCC21. The smallest absolute Gasteiger partial charge is 0.0712 e. The van der Waals surface area contributed by atoms with E-state index in [1.54, 1.807) is 0 Å². The van der Waals surface area contributed by atoms with E-state index >= 15 is 0 Å². The van der Waals surface area contributed by atoms with E-state index in [0.29, 0.717) is 12.1 Å². The summed E-state index contributed by atoms with van der Waals surface area (Å²) in [5.41, 5.74) is 0. The fourth-order valence-electron chi connectivity index (χ4n) is 2.94. The molecule has 78 valence electrons. The molecule has 0 amide bonds. The summed E-state index contributed by atoms with van der Waals surface area (Å²) in [6.07, 6.45) is 9.37. The van der Waals surface area contributed by atoms with Crippen LogP contribution in [-0.2, 0) is 0 Å². The Morgan fingerprint density at radius 1 is 1.57 bits per heavy atom. The minimum atomic E-state index is 0.364. The van der Waals surface area contributed by atoms with E-state index in [9.17, 15) is 0 Å². The number of likely N-dealkylation sites (tertiary alicyclic amines) is 1. The highest BCUT2D eigenvalue weighted by Gasteiger charge is 2.36. The van der Waals surface area contributed by atoms with Crippen molar-refractivity contribution >= 4 is 0 Å². The summed E-state index contributed by atoms with van der Waals surface area (Å²) in [4.78, 5) is 2.55. The van der Waals surface area contributed by atoms with Crippen molar-refractivity contribution in [2.24, 2.45) is 5.92 Å². The Kier molecular flexibility index (Phi) is 3.10. The van der Waals surface area contributed by atoms with Crippen molar-refractivity contribution in [2.75, 3.05) is 19.6 Å². The molecule has 0 aromatic heterocycles. The Bertz CT molecular complexity index is 231. The van der Waals surface area contributed by atoms with E-state index in [0.717, 1.165) is 18.9 Å². The zero-order valence-electron chi connectivity index (χ0n) is 9.00. The fraction of sp³-hybridized carbons (Fsp3) is 0.833. The van der Waals surface area contributed by atoms with Gasteiger partial charge in [-0.15, -0.1) is 6.42 Å². The second-order valence-corrected chi connectivity index (χ2v) is 4.46. The van der Waals surface area contributed by atoms with Crippen molar-refractivity contribution in [1.82, 2.24) is 10.2 Å². The molecule has 0 saturated carbocycles. The largest absolute Gasteiger partial charge is 0.315 e. The van der Waals surface area contributed by atoms with Crippen molar-refractivity contribution in [2.45, 2.75) is 38.3 Å². The van der Waals surface area contributed by atoms with Crippen molar-refractivity contribution in [3.05, 3.63) is 0 Å². The Morgan fingerprint density at radius 3 is 3.14 bits per heavy atom. The van der Waals surface area contributed by atoms with Crippen LogP contribution in [0.4, 0.5) is 0 Å². The summed E-state index contributed by atoms with van der Waals surface area (Å²) in [6, 6.07) is 1.08. The Balaban J connectivity index is 2.06. The number of fused-ring (bicyclic) bond motifs is 1. The summed E-state index contributed by atoms with van der Waals surface area (Å²) in [5, 5.41) is 3.49. The molecule has 2 fully saturated rings. The van der Waals surface area contributed by atoms with Crippen LogP contribution in [0.2, 0.25) is 0 Å². The Morgan fingerprint density at radius 2 is 2.43 bits per heavy atom. The van der Waals surface area contributed by atoms with E-state index < -0.39 is 0 Å². The standard InChI is InChI=1S/C12H20N2/c1-3-11(4-2)14-7-5-6-10-8-13-9-12(10)14/h1,10-13H,4-9H2,2H3. The normalized spacial score (nSPS) is 34.9. The van der Waals surface area contributed by atoms with Gasteiger partial charge in [-0.2, -0.15) is 0 Å². The minimum absolute atomic E-state index is 0.364. The molecule has 0 spiro atoms. The number of hydrogen-bond acceptors (Lipinski definition) is 2. The van der Waals surface area contributed by atoms with Crippen LogP contribution in [0.3, 0.4) is 0 Å². The molecule has 2 aliphatic heterocycles. The Labute approximate surface area is 87.1 Å². The Hall–Kier alpha value is -0.520. The summed E-state index contributed by atoms with van der Waals surface area (Å²) in [5.74, 6) is 3.79. The molecule has 14 heavy (non-hydrogen) atoms. The molecule has 2 heterocycles. The van der Waals surface area contributed by atoms with Gasteiger partial charge in [-0.25, -0.2) is 0 Å². The maximum atomic E-state index is 5.58. The fourth-order valence-corrected chi connectivity index (χ4v) is 2.94. The summed E-state index contributed by atoms with van der Waals surface area (Å²) >= 11 is 0. The molecular formula is C12H20N2. The van der Waals surface area contributed by atoms with Gasteiger partial charge >= 0.3 is 0 Å². The molecule has 2 heteroatoms. The van der Waals surface area contributed by atoms with E-state index in [-0.39, 0.29) is 0 Å². The molecule has 2 aliphatic rings. The summed E-state index contributed by atoms with van der Waals surface area (Å²) < 4.78 is 0. The monoisotopic (exact) mass is 192 g/mol. The number of rotatable bonds is 2. The van der Waals surface area contributed by atoms with Gasteiger partial charge in [-0.1, -0.05) is 12.8 Å². The predicted octanol–water partition coefficient (Wildman–Crippen LogP) is 1.08. The van der Waals surface area contributed by atoms with Crippen molar-refractivity contribution in [3.8, 4) is 12.3 Å². The van der Waals surface area contributed by atoms with Crippen LogP contribution in [0.5, 0.6) is 0 Å². The third-order valence-electron chi connectivity index (χ3n) is 3.70. The highest BCUT2D eigenvalue weighted by Crippen LogP contribution is 2.28. The quantitative estimate of drug-likeness (QED) is 0.659. The average Bonchev–Trinajstić information content (AvgIpc) is 2.68. The lowest BCUT2D eigenvalue weighted by atomic mass is 9.90. The molecule has 0 radical (unpaired) electrons. The van der Waals surface area contributed by atoms with Gasteiger partial charge in [0.15, 0.2) is 0 Å². The average molecular weight is 192 g/mol. The molecule has 3 unspecified atom stereocenters. The van der Waals surface area contributed by atoms with Gasteiger partial charge in [-0.05, 0) is 38.3 Å². The number of terminal acetylenes is 1. The molecule has 0 aromatic rings. The van der Waals surface area contributed by atoms with Crippen LogP contribution in [0, 0.1) is 18.3 Å². The zero-order chi connectivity index (χ0) is 9.97. The molecule has 0 aliphatic carbocycles. The van der Waals surface area contributed by atoms with Crippen LogP contribution in [0.1, 0.15) is 26.2 Å². The minimum Gasteiger partial charge on any atom is -0.315 e. The first-order chi connectivity index (χ1) is 6.86. The first kappa shape index (κ1) is 10.0. The number of piperidine rings is 1. The van der Waals surface area contributed by atoms with Gasteiger partial charge in [0.25, 0.3) is 0 Å². The summed E-state index contributed by atoms with van der Waals surface area (Å²) in [7, 11) is 0. The van der Waals surface area contributed by atoms with Gasteiger partial charge in [0, 0.05) is 12.6 Å². The number of nitrogens with zero attached hydrogens (tertiary/aromatic N) is 1. The van der Waals surface area contributed by atoms with Gasteiger partial charge in [0.2, 0.25) is 0 Å². The van der Waals surface area contributed by atoms with Gasteiger partial charge in [0.05, 0.1) is 6.04 Å². The highest BCUT2D eigenvalue weighted by molar-refractivity contribution is 5.04. The predicted molar refractivity (Wildman–Crippen MR) is 59.0 cm³/mol. The molecule has 3 atom stereocenters. The van der Waals surface area contributed by atoms with Crippen LogP contribution < -0.4 is 5.32 Å². The number of nitrogens with one attached hydrogen (secondary N) is 1. The van der Waals surface area contributed by atoms with Gasteiger partial charge in [0.1, 0.15) is 0 Å². The van der Waals surface area contributed by atoms with Crippen LogP contribution >= 0.6 is 0 Å². The van der Waals surface area contributed by atoms with Crippen LogP contribution in [0.25, 0.3) is 0 Å².